The number of nitriles is 1. The lowest BCUT2D eigenvalue weighted by molar-refractivity contribution is -0.143. The molecule has 11 heteroatoms. The van der Waals surface area contributed by atoms with E-state index >= 15 is 0 Å². The van der Waals surface area contributed by atoms with Gasteiger partial charge in [0.05, 0.1) is 32.5 Å². The number of methoxy groups -OCH3 is 2. The number of rotatable bonds is 19. The zero-order valence-corrected chi connectivity index (χ0v) is 23.1. The first-order valence-electron chi connectivity index (χ1n) is 12.8. The average Bonchev–Trinajstić information content (AvgIpc) is 3.00. The topological polar surface area (TPSA) is 127 Å². The first-order valence-corrected chi connectivity index (χ1v) is 12.8. The van der Waals surface area contributed by atoms with Gasteiger partial charge in [-0.15, -0.1) is 0 Å². The van der Waals surface area contributed by atoms with Crippen LogP contribution < -0.4 is 19.7 Å². The average molecular weight is 567 g/mol. The zero-order chi connectivity index (χ0) is 29.1. The van der Waals surface area contributed by atoms with E-state index in [9.17, 15) is 10.1 Å². The third kappa shape index (κ3) is 10.8. The Morgan fingerprint density at radius 3 is 1.98 bits per heavy atom. The molecular weight excluding hydrogens is 532 g/mol. The normalized spacial score (nSPS) is 10.8. The van der Waals surface area contributed by atoms with Gasteiger partial charge in [0.25, 0.3) is 0 Å². The summed E-state index contributed by atoms with van der Waals surface area (Å²) in [5.41, 5.74) is 4.94. The van der Waals surface area contributed by atoms with E-state index in [0.29, 0.717) is 26.4 Å². The minimum absolute atomic E-state index is 0.0670. The van der Waals surface area contributed by atoms with E-state index < -0.39 is 12.6 Å². The van der Waals surface area contributed by atoms with Crippen LogP contribution in [0.3, 0.4) is 0 Å². The largest absolute Gasteiger partial charge is 0.463 e. The number of hydrogen-bond donors (Lipinski definition) is 1. The summed E-state index contributed by atoms with van der Waals surface area (Å²) in [4.78, 5) is 18.2. The van der Waals surface area contributed by atoms with Crippen LogP contribution in [0.1, 0.15) is 22.7 Å². The second-order valence-electron chi connectivity index (χ2n) is 8.37. The van der Waals surface area contributed by atoms with Gasteiger partial charge >= 0.3 is 5.97 Å². The molecule has 0 amide bonds. The van der Waals surface area contributed by atoms with Gasteiger partial charge in [0.1, 0.15) is 17.4 Å². The summed E-state index contributed by atoms with van der Waals surface area (Å²) >= 11 is 0. The van der Waals surface area contributed by atoms with E-state index in [1.807, 2.05) is 66.7 Å². The maximum atomic E-state index is 12.7. The molecular formula is C30H34N2O9. The highest BCUT2D eigenvalue weighted by Crippen LogP contribution is 2.36. The number of carbonyl (C=O) groups is 1. The van der Waals surface area contributed by atoms with Crippen LogP contribution in [0.25, 0.3) is 0 Å². The fourth-order valence-electron chi connectivity index (χ4n) is 3.55. The third-order valence-corrected chi connectivity index (χ3v) is 5.49. The van der Waals surface area contributed by atoms with Gasteiger partial charge in [-0.05, 0) is 11.1 Å². The number of ether oxygens (including phenoxy) is 7. The minimum Gasteiger partial charge on any atom is -0.463 e. The molecule has 0 atom stereocenters. The number of hydrogen-bond acceptors (Lipinski definition) is 11. The van der Waals surface area contributed by atoms with Crippen LogP contribution in [0.15, 0.2) is 72.8 Å². The Kier molecular flexibility index (Phi) is 14.1. The van der Waals surface area contributed by atoms with Crippen molar-refractivity contribution in [3.05, 3.63) is 89.5 Å². The highest BCUT2D eigenvalue weighted by Gasteiger charge is 2.19. The second-order valence-corrected chi connectivity index (χ2v) is 8.37. The lowest BCUT2D eigenvalue weighted by atomic mass is 10.00. The van der Waals surface area contributed by atoms with Crippen LogP contribution in [0.2, 0.25) is 0 Å². The number of carbonyl (C=O) groups excluding carboxylic acids is 1. The van der Waals surface area contributed by atoms with Crippen molar-refractivity contribution >= 4 is 5.97 Å². The Morgan fingerprint density at radius 2 is 1.41 bits per heavy atom. The van der Waals surface area contributed by atoms with Crippen LogP contribution in [0, 0.1) is 11.3 Å². The van der Waals surface area contributed by atoms with Gasteiger partial charge in [-0.2, -0.15) is 10.7 Å². The highest BCUT2D eigenvalue weighted by atomic mass is 16.7. The molecule has 41 heavy (non-hydrogen) atoms. The molecule has 0 fully saturated rings. The molecule has 3 rings (SSSR count). The molecule has 0 unspecified atom stereocenters. The van der Waals surface area contributed by atoms with Gasteiger partial charge in [0.2, 0.25) is 0 Å². The third-order valence-electron chi connectivity index (χ3n) is 5.49. The molecule has 0 aromatic heterocycles. The molecule has 0 radical (unpaired) electrons. The summed E-state index contributed by atoms with van der Waals surface area (Å²) in [6, 6.07) is 23.9. The first kappa shape index (κ1) is 31.5. The van der Waals surface area contributed by atoms with Gasteiger partial charge in [-0.1, -0.05) is 60.7 Å². The van der Waals surface area contributed by atoms with Gasteiger partial charge in [0, 0.05) is 26.4 Å². The Bertz CT molecular complexity index is 1180. The van der Waals surface area contributed by atoms with E-state index in [4.69, 9.17) is 38.0 Å². The molecule has 11 nitrogen and oxygen atoms in total. The lowest BCUT2D eigenvalue weighted by Crippen LogP contribution is -2.27. The predicted molar refractivity (Wildman–Crippen MR) is 147 cm³/mol. The number of hydroxylamine groups is 1. The second kappa shape index (κ2) is 18.4. The summed E-state index contributed by atoms with van der Waals surface area (Å²) in [6.45, 7) is 0.651. The van der Waals surface area contributed by atoms with Crippen LogP contribution in [0.4, 0.5) is 0 Å². The van der Waals surface area contributed by atoms with E-state index in [-0.39, 0.29) is 42.4 Å². The molecule has 3 aromatic rings. The van der Waals surface area contributed by atoms with Crippen molar-refractivity contribution in [1.29, 1.82) is 5.26 Å². The quantitative estimate of drug-likeness (QED) is 0.0749. The summed E-state index contributed by atoms with van der Waals surface area (Å²) < 4.78 is 37.4. The van der Waals surface area contributed by atoms with Crippen LogP contribution >= 0.6 is 0 Å². The van der Waals surface area contributed by atoms with Gasteiger partial charge in [-0.3, -0.25) is 4.84 Å². The van der Waals surface area contributed by atoms with E-state index in [0.717, 1.165) is 11.1 Å². The van der Waals surface area contributed by atoms with E-state index in [2.05, 4.69) is 5.48 Å². The molecule has 218 valence electrons. The van der Waals surface area contributed by atoms with Crippen molar-refractivity contribution in [2.75, 3.05) is 60.8 Å². The molecule has 0 spiro atoms. The molecule has 0 aliphatic carbocycles. The Labute approximate surface area is 239 Å². The van der Waals surface area contributed by atoms with Crippen LogP contribution in [-0.2, 0) is 28.6 Å². The smallest absolute Gasteiger partial charge is 0.339 e. The molecule has 0 bridgehead atoms. The summed E-state index contributed by atoms with van der Waals surface area (Å²) in [5, 5.41) is 9.73. The molecule has 1 N–H and O–H groups in total. The first-order chi connectivity index (χ1) is 20.2. The van der Waals surface area contributed by atoms with E-state index in [1.165, 1.54) is 12.1 Å². The van der Waals surface area contributed by atoms with Crippen molar-refractivity contribution in [1.82, 2.24) is 5.48 Å². The molecule has 0 saturated heterocycles. The van der Waals surface area contributed by atoms with Crippen LogP contribution in [0.5, 0.6) is 17.2 Å². The van der Waals surface area contributed by atoms with Crippen molar-refractivity contribution in [3.63, 3.8) is 0 Å². The molecule has 0 aliphatic heterocycles. The number of nitrogens with one attached hydrogen (secondary N) is 1. The van der Waals surface area contributed by atoms with E-state index in [1.54, 1.807) is 14.2 Å². The predicted octanol–water partition coefficient (Wildman–Crippen LogP) is 3.77. The molecule has 3 aromatic carbocycles. The minimum atomic E-state index is -0.694. The van der Waals surface area contributed by atoms with Crippen molar-refractivity contribution < 1.29 is 42.8 Å². The van der Waals surface area contributed by atoms with Gasteiger partial charge in [0.15, 0.2) is 31.7 Å². The Balaban J connectivity index is 1.65. The van der Waals surface area contributed by atoms with Crippen molar-refractivity contribution in [3.8, 4) is 23.3 Å². The fourth-order valence-corrected chi connectivity index (χ4v) is 3.55. The Hall–Kier alpha value is -4.02. The number of esters is 1. The SMILES string of the molecule is COCCOCOc1cc(OC(=O)CONC(c2ccccc2)c2ccccc2)cc(C#N)c1OCOCCOC. The summed E-state index contributed by atoms with van der Waals surface area (Å²) in [5.74, 6) is -0.379. The maximum Gasteiger partial charge on any atom is 0.339 e. The Morgan fingerprint density at radius 1 is 0.829 bits per heavy atom. The maximum absolute atomic E-state index is 12.7. The standard InChI is InChI=1S/C30H34N2O9/c1-34-13-15-36-21-38-27-18-26(17-25(19-31)30(27)39-22-37-16-14-35-2)41-28(33)20-40-32-29(23-9-5-3-6-10-23)24-11-7-4-8-12-24/h3-12,17-18,29,32H,13-16,20-22H2,1-2H3. The monoisotopic (exact) mass is 566 g/mol. The summed E-state index contributed by atoms with van der Waals surface area (Å²) in [7, 11) is 3.11. The van der Waals surface area contributed by atoms with Gasteiger partial charge < -0.3 is 33.2 Å². The highest BCUT2D eigenvalue weighted by molar-refractivity contribution is 5.74. The van der Waals surface area contributed by atoms with Gasteiger partial charge in [-0.25, -0.2) is 4.79 Å². The number of nitrogens with zero attached hydrogens (tertiary/aromatic N) is 1. The lowest BCUT2D eigenvalue weighted by Gasteiger charge is -2.19. The fraction of sp³-hybridized carbons (Fsp3) is 0.333. The summed E-state index contributed by atoms with van der Waals surface area (Å²) in [6.07, 6.45) is 0. The zero-order valence-electron chi connectivity index (χ0n) is 23.1. The van der Waals surface area contributed by atoms with Crippen molar-refractivity contribution in [2.45, 2.75) is 6.04 Å². The number of benzene rings is 3. The molecule has 0 saturated carbocycles. The molecule has 0 heterocycles. The van der Waals surface area contributed by atoms with Crippen LogP contribution in [-0.4, -0.2) is 66.8 Å². The molecule has 0 aliphatic rings. The van der Waals surface area contributed by atoms with Crippen molar-refractivity contribution in [2.24, 2.45) is 0 Å².